The number of amides is 3. The van der Waals surface area contributed by atoms with E-state index in [0.717, 1.165) is 10.2 Å². The second-order valence-electron chi connectivity index (χ2n) is 7.33. The molecular weight excluding hydrogens is 452 g/mol. The lowest BCUT2D eigenvalue weighted by molar-refractivity contribution is 0.0852. The van der Waals surface area contributed by atoms with Crippen LogP contribution in [0.25, 0.3) is 0 Å². The topological polar surface area (TPSA) is 91.9 Å². The number of piperidine rings is 1. The number of carbonyl (C=O) groups excluding carboxylic acids is 2. The maximum Gasteiger partial charge on any atom is 0.321 e. The van der Waals surface area contributed by atoms with Crippen LogP contribution in [0.2, 0.25) is 0 Å². The molecule has 158 valence electrons. The Bertz CT molecular complexity index is 989. The van der Waals surface area contributed by atoms with Gasteiger partial charge in [0.05, 0.1) is 25.5 Å². The number of nitrogens with one attached hydrogen (secondary N) is 3. The number of methoxy groups -OCH3 is 2. The van der Waals surface area contributed by atoms with Gasteiger partial charge in [-0.15, -0.1) is 0 Å². The van der Waals surface area contributed by atoms with Gasteiger partial charge in [-0.2, -0.15) is 0 Å². The van der Waals surface area contributed by atoms with Gasteiger partial charge >= 0.3 is 6.03 Å². The molecule has 0 saturated carbocycles. The highest BCUT2D eigenvalue weighted by atomic mass is 79.9. The maximum absolute atomic E-state index is 12.8. The largest absolute Gasteiger partial charge is 0.497 e. The molecule has 2 aromatic rings. The summed E-state index contributed by atoms with van der Waals surface area (Å²) in [6, 6.07) is 10.6. The fourth-order valence-corrected chi connectivity index (χ4v) is 4.19. The van der Waals surface area contributed by atoms with Crippen LogP contribution in [0.15, 0.2) is 40.9 Å². The third-order valence-electron chi connectivity index (χ3n) is 5.51. The Kier molecular flexibility index (Phi) is 5.46. The molecule has 2 aromatic carbocycles. The minimum Gasteiger partial charge on any atom is -0.497 e. The van der Waals surface area contributed by atoms with Gasteiger partial charge in [-0.05, 0) is 30.3 Å². The smallest absolute Gasteiger partial charge is 0.321 e. The van der Waals surface area contributed by atoms with Crippen LogP contribution >= 0.6 is 15.9 Å². The molecule has 3 amide bonds. The first kappa shape index (κ1) is 20.3. The summed E-state index contributed by atoms with van der Waals surface area (Å²) >= 11 is 3.40. The first-order valence-corrected chi connectivity index (χ1v) is 10.4. The first-order chi connectivity index (χ1) is 14.4. The summed E-state index contributed by atoms with van der Waals surface area (Å²) in [7, 11) is 3.12. The van der Waals surface area contributed by atoms with E-state index in [4.69, 9.17) is 9.47 Å². The van der Waals surface area contributed by atoms with Crippen molar-refractivity contribution in [2.45, 2.75) is 18.5 Å². The number of fused-ring (bicyclic) bond motifs is 1. The molecule has 4 rings (SSSR count). The zero-order valence-corrected chi connectivity index (χ0v) is 18.3. The summed E-state index contributed by atoms with van der Waals surface area (Å²) < 4.78 is 11.4. The maximum atomic E-state index is 12.8. The van der Waals surface area contributed by atoms with Crippen molar-refractivity contribution in [2.24, 2.45) is 0 Å². The molecule has 1 fully saturated rings. The summed E-state index contributed by atoms with van der Waals surface area (Å²) in [6.45, 7) is 1.01. The van der Waals surface area contributed by atoms with Crippen molar-refractivity contribution in [3.8, 4) is 11.5 Å². The highest BCUT2D eigenvalue weighted by Crippen LogP contribution is 2.33. The zero-order chi connectivity index (χ0) is 21.3. The Hall–Kier alpha value is -2.94. The second-order valence-corrected chi connectivity index (χ2v) is 8.25. The van der Waals surface area contributed by atoms with Crippen LogP contribution in [-0.2, 0) is 0 Å². The van der Waals surface area contributed by atoms with Gasteiger partial charge < -0.3 is 30.3 Å². The summed E-state index contributed by atoms with van der Waals surface area (Å²) in [4.78, 5) is 27.1. The molecule has 9 heteroatoms. The summed E-state index contributed by atoms with van der Waals surface area (Å²) in [5.41, 5.74) is 1.45. The highest BCUT2D eigenvalue weighted by Gasteiger charge is 2.41. The van der Waals surface area contributed by atoms with Gasteiger partial charge in [0.2, 0.25) is 0 Å². The molecule has 1 spiro atoms. The van der Waals surface area contributed by atoms with Gasteiger partial charge in [-0.3, -0.25) is 4.79 Å². The molecule has 2 aliphatic rings. The van der Waals surface area contributed by atoms with Crippen LogP contribution in [0.1, 0.15) is 23.2 Å². The van der Waals surface area contributed by atoms with Crippen LogP contribution in [-0.4, -0.2) is 49.8 Å². The number of nitrogens with zero attached hydrogens (tertiary/aromatic N) is 1. The number of carbonyl (C=O) groups is 2. The molecule has 0 aromatic heterocycles. The van der Waals surface area contributed by atoms with Crippen LogP contribution in [0.3, 0.4) is 0 Å². The average Bonchev–Trinajstić information content (AvgIpc) is 2.75. The van der Waals surface area contributed by atoms with Crippen molar-refractivity contribution >= 4 is 39.2 Å². The Labute approximate surface area is 183 Å². The zero-order valence-electron chi connectivity index (χ0n) is 16.8. The molecule has 0 unspecified atom stereocenters. The van der Waals surface area contributed by atoms with E-state index in [9.17, 15) is 9.59 Å². The summed E-state index contributed by atoms with van der Waals surface area (Å²) in [5, 5.41) is 9.46. The van der Waals surface area contributed by atoms with Crippen molar-refractivity contribution < 1.29 is 19.1 Å². The molecule has 3 N–H and O–H groups in total. The van der Waals surface area contributed by atoms with E-state index in [1.165, 1.54) is 0 Å². The molecule has 1 saturated heterocycles. The molecule has 0 radical (unpaired) electrons. The highest BCUT2D eigenvalue weighted by molar-refractivity contribution is 9.10. The SMILES string of the molecule is COc1ccc(NC(=O)N2CCC3(CC2)NC(=O)c2cc(Br)ccc2N3)c(OC)c1. The number of hydrogen-bond acceptors (Lipinski definition) is 5. The minimum atomic E-state index is -0.549. The Morgan fingerprint density at radius 2 is 1.87 bits per heavy atom. The fourth-order valence-electron chi connectivity index (χ4n) is 3.82. The molecular formula is C21H23BrN4O4. The standard InChI is InChI=1S/C21H23BrN4O4/c1-29-14-4-6-17(18(12-14)30-2)23-20(28)26-9-7-21(8-10-26)24-16-5-3-13(22)11-15(16)19(27)25-21/h3-6,11-12,24H,7-10H2,1-2H3,(H,23,28)(H,25,27). The van der Waals surface area contributed by atoms with Crippen molar-refractivity contribution in [2.75, 3.05) is 37.9 Å². The first-order valence-electron chi connectivity index (χ1n) is 9.61. The Morgan fingerprint density at radius 3 is 2.57 bits per heavy atom. The molecule has 2 heterocycles. The lowest BCUT2D eigenvalue weighted by Crippen LogP contribution is -2.63. The second kappa shape index (κ2) is 8.06. The lowest BCUT2D eigenvalue weighted by Gasteiger charge is -2.45. The average molecular weight is 475 g/mol. The van der Waals surface area contributed by atoms with Crippen LogP contribution in [0, 0.1) is 0 Å². The van der Waals surface area contributed by atoms with E-state index in [0.29, 0.717) is 48.7 Å². The number of urea groups is 1. The number of anilines is 2. The molecule has 2 aliphatic heterocycles. The number of benzene rings is 2. The van der Waals surface area contributed by atoms with E-state index < -0.39 is 5.66 Å². The van der Waals surface area contributed by atoms with E-state index in [2.05, 4.69) is 31.9 Å². The minimum absolute atomic E-state index is 0.106. The predicted octanol–water partition coefficient (Wildman–Crippen LogP) is 3.65. The van der Waals surface area contributed by atoms with Gasteiger partial charge in [-0.1, -0.05) is 15.9 Å². The number of likely N-dealkylation sites (tertiary alicyclic amines) is 1. The van der Waals surface area contributed by atoms with Gasteiger partial charge in [0.1, 0.15) is 17.2 Å². The summed E-state index contributed by atoms with van der Waals surface area (Å²) in [5.74, 6) is 1.07. The van der Waals surface area contributed by atoms with Crippen molar-refractivity contribution in [3.05, 3.63) is 46.4 Å². The van der Waals surface area contributed by atoms with Crippen molar-refractivity contribution in [1.82, 2.24) is 10.2 Å². The van der Waals surface area contributed by atoms with Crippen molar-refractivity contribution in [1.29, 1.82) is 0 Å². The number of rotatable bonds is 3. The number of halogens is 1. The fraction of sp³-hybridized carbons (Fsp3) is 0.333. The van der Waals surface area contributed by atoms with Gasteiger partial charge in [0, 0.05) is 42.2 Å². The number of ether oxygens (including phenoxy) is 2. The van der Waals surface area contributed by atoms with Crippen LogP contribution < -0.4 is 25.4 Å². The summed E-state index contributed by atoms with van der Waals surface area (Å²) in [6.07, 6.45) is 1.20. The van der Waals surface area contributed by atoms with Gasteiger partial charge in [-0.25, -0.2) is 4.79 Å². The third kappa shape index (κ3) is 3.89. The monoisotopic (exact) mass is 474 g/mol. The third-order valence-corrected chi connectivity index (χ3v) is 6.00. The van der Waals surface area contributed by atoms with E-state index in [1.807, 2.05) is 12.1 Å². The van der Waals surface area contributed by atoms with Crippen molar-refractivity contribution in [3.63, 3.8) is 0 Å². The van der Waals surface area contributed by atoms with E-state index in [-0.39, 0.29) is 11.9 Å². The molecule has 30 heavy (non-hydrogen) atoms. The molecule has 0 bridgehead atoms. The van der Waals surface area contributed by atoms with E-state index >= 15 is 0 Å². The van der Waals surface area contributed by atoms with Crippen LogP contribution in [0.5, 0.6) is 11.5 Å². The lowest BCUT2D eigenvalue weighted by atomic mass is 9.92. The predicted molar refractivity (Wildman–Crippen MR) is 117 cm³/mol. The normalized spacial score (nSPS) is 16.9. The quantitative estimate of drug-likeness (QED) is 0.631. The van der Waals surface area contributed by atoms with Gasteiger partial charge in [0.15, 0.2) is 0 Å². The van der Waals surface area contributed by atoms with E-state index in [1.54, 1.807) is 43.4 Å². The Balaban J connectivity index is 1.42. The molecule has 8 nitrogen and oxygen atoms in total. The van der Waals surface area contributed by atoms with Crippen LogP contribution in [0.4, 0.5) is 16.2 Å². The molecule has 0 aliphatic carbocycles. The Morgan fingerprint density at radius 1 is 1.10 bits per heavy atom. The molecule has 0 atom stereocenters. The number of hydrogen-bond donors (Lipinski definition) is 3. The van der Waals surface area contributed by atoms with Gasteiger partial charge in [0.25, 0.3) is 5.91 Å².